The SMILES string of the molecule is Cc1ccc(-c2cnoc2N)c(N(C)C)c1. The molecule has 0 aliphatic heterocycles. The van der Waals surface area contributed by atoms with Crippen molar-refractivity contribution in [2.75, 3.05) is 24.7 Å². The number of aryl methyl sites for hydroxylation is 1. The van der Waals surface area contributed by atoms with Crippen molar-refractivity contribution in [3.8, 4) is 11.1 Å². The Morgan fingerprint density at radius 1 is 1.25 bits per heavy atom. The summed E-state index contributed by atoms with van der Waals surface area (Å²) in [5, 5.41) is 3.70. The van der Waals surface area contributed by atoms with Crippen LogP contribution in [0.15, 0.2) is 28.9 Å². The topological polar surface area (TPSA) is 55.3 Å². The van der Waals surface area contributed by atoms with Gasteiger partial charge in [0.15, 0.2) is 0 Å². The molecule has 1 aromatic carbocycles. The van der Waals surface area contributed by atoms with Crippen molar-refractivity contribution in [1.29, 1.82) is 0 Å². The molecule has 0 amide bonds. The van der Waals surface area contributed by atoms with Crippen molar-refractivity contribution >= 4 is 11.6 Å². The maximum absolute atomic E-state index is 5.73. The fourth-order valence-electron chi connectivity index (χ4n) is 1.69. The summed E-state index contributed by atoms with van der Waals surface area (Å²) in [5.41, 5.74) is 9.92. The van der Waals surface area contributed by atoms with E-state index in [-0.39, 0.29) is 0 Å². The Bertz CT molecular complexity index is 503. The summed E-state index contributed by atoms with van der Waals surface area (Å²) in [5.74, 6) is 0.354. The number of benzene rings is 1. The fraction of sp³-hybridized carbons (Fsp3) is 0.250. The van der Waals surface area contributed by atoms with E-state index in [2.05, 4.69) is 29.1 Å². The van der Waals surface area contributed by atoms with Crippen molar-refractivity contribution in [3.63, 3.8) is 0 Å². The highest BCUT2D eigenvalue weighted by atomic mass is 16.5. The molecule has 0 radical (unpaired) electrons. The highest BCUT2D eigenvalue weighted by molar-refractivity contribution is 5.83. The van der Waals surface area contributed by atoms with E-state index >= 15 is 0 Å². The molecule has 16 heavy (non-hydrogen) atoms. The molecule has 84 valence electrons. The summed E-state index contributed by atoms with van der Waals surface area (Å²) in [6.45, 7) is 2.06. The second-order valence-corrected chi connectivity index (χ2v) is 4.02. The van der Waals surface area contributed by atoms with Gasteiger partial charge in [0.05, 0.1) is 11.8 Å². The Hall–Kier alpha value is -1.97. The van der Waals surface area contributed by atoms with Crippen LogP contribution in [-0.2, 0) is 0 Å². The standard InChI is InChI=1S/C12H15N3O/c1-8-4-5-9(11(6-8)15(2)3)10-7-14-16-12(10)13/h4-7H,13H2,1-3H3. The van der Waals surface area contributed by atoms with Crippen molar-refractivity contribution in [2.24, 2.45) is 0 Å². The minimum atomic E-state index is 0.354. The molecule has 0 unspecified atom stereocenters. The van der Waals surface area contributed by atoms with Crippen molar-refractivity contribution in [2.45, 2.75) is 6.92 Å². The van der Waals surface area contributed by atoms with Crippen LogP contribution in [0.4, 0.5) is 11.6 Å². The summed E-state index contributed by atoms with van der Waals surface area (Å²) in [6, 6.07) is 6.20. The maximum Gasteiger partial charge on any atom is 0.230 e. The van der Waals surface area contributed by atoms with Gasteiger partial charge in [0.1, 0.15) is 0 Å². The molecule has 0 atom stereocenters. The number of rotatable bonds is 2. The van der Waals surface area contributed by atoms with E-state index in [0.29, 0.717) is 5.88 Å². The molecule has 0 bridgehead atoms. The predicted octanol–water partition coefficient (Wildman–Crippen LogP) is 2.30. The number of nitrogens with zero attached hydrogens (tertiary/aromatic N) is 2. The highest BCUT2D eigenvalue weighted by Gasteiger charge is 2.12. The number of anilines is 2. The van der Waals surface area contributed by atoms with Gasteiger partial charge in [-0.15, -0.1) is 0 Å². The van der Waals surface area contributed by atoms with Gasteiger partial charge in [-0.05, 0) is 18.6 Å². The van der Waals surface area contributed by atoms with E-state index in [1.807, 2.05) is 20.2 Å². The zero-order valence-corrected chi connectivity index (χ0v) is 9.69. The van der Waals surface area contributed by atoms with Gasteiger partial charge in [0.2, 0.25) is 5.88 Å². The van der Waals surface area contributed by atoms with Crippen LogP contribution in [0.25, 0.3) is 11.1 Å². The molecule has 1 aromatic heterocycles. The van der Waals surface area contributed by atoms with E-state index < -0.39 is 0 Å². The molecule has 2 rings (SSSR count). The number of nitrogen functional groups attached to an aromatic ring is 1. The van der Waals surface area contributed by atoms with Crippen LogP contribution in [0.2, 0.25) is 0 Å². The van der Waals surface area contributed by atoms with Crippen LogP contribution >= 0.6 is 0 Å². The largest absolute Gasteiger partial charge is 0.377 e. The molecule has 4 nitrogen and oxygen atoms in total. The lowest BCUT2D eigenvalue weighted by molar-refractivity contribution is 0.436. The predicted molar refractivity (Wildman–Crippen MR) is 65.4 cm³/mol. The second kappa shape index (κ2) is 3.89. The average Bonchev–Trinajstić information content (AvgIpc) is 2.64. The molecule has 2 N–H and O–H groups in total. The molecule has 1 heterocycles. The molecule has 0 aliphatic carbocycles. The molecule has 0 aliphatic rings. The lowest BCUT2D eigenvalue weighted by atomic mass is 10.0. The number of aromatic nitrogens is 1. The van der Waals surface area contributed by atoms with Crippen molar-refractivity contribution < 1.29 is 4.52 Å². The van der Waals surface area contributed by atoms with Crippen LogP contribution < -0.4 is 10.6 Å². The first-order valence-corrected chi connectivity index (χ1v) is 5.08. The van der Waals surface area contributed by atoms with Crippen LogP contribution in [0.1, 0.15) is 5.56 Å². The summed E-state index contributed by atoms with van der Waals surface area (Å²) >= 11 is 0. The fourth-order valence-corrected chi connectivity index (χ4v) is 1.69. The van der Waals surface area contributed by atoms with Crippen LogP contribution in [0, 0.1) is 6.92 Å². The molecule has 2 aromatic rings. The van der Waals surface area contributed by atoms with E-state index in [1.165, 1.54) is 5.56 Å². The molecule has 0 fully saturated rings. The third kappa shape index (κ3) is 1.74. The first kappa shape index (κ1) is 10.5. The second-order valence-electron chi connectivity index (χ2n) is 4.02. The number of hydrogen-bond acceptors (Lipinski definition) is 4. The molecule has 0 saturated carbocycles. The minimum Gasteiger partial charge on any atom is -0.377 e. The van der Waals surface area contributed by atoms with Gasteiger partial charge in [-0.2, -0.15) is 0 Å². The van der Waals surface area contributed by atoms with Crippen molar-refractivity contribution in [1.82, 2.24) is 5.16 Å². The van der Waals surface area contributed by atoms with Gasteiger partial charge in [0.25, 0.3) is 0 Å². The molecule has 0 saturated heterocycles. The first-order chi connectivity index (χ1) is 7.59. The Morgan fingerprint density at radius 2 is 2.00 bits per heavy atom. The van der Waals surface area contributed by atoms with E-state index in [4.69, 9.17) is 10.3 Å². The zero-order valence-electron chi connectivity index (χ0n) is 9.69. The summed E-state index contributed by atoms with van der Waals surface area (Å²) < 4.78 is 4.89. The van der Waals surface area contributed by atoms with Crippen molar-refractivity contribution in [3.05, 3.63) is 30.0 Å². The zero-order chi connectivity index (χ0) is 11.7. The van der Waals surface area contributed by atoms with Gasteiger partial charge in [-0.3, -0.25) is 0 Å². The lowest BCUT2D eigenvalue weighted by Gasteiger charge is -2.17. The smallest absolute Gasteiger partial charge is 0.230 e. The minimum absolute atomic E-state index is 0.354. The first-order valence-electron chi connectivity index (χ1n) is 5.08. The maximum atomic E-state index is 5.73. The quantitative estimate of drug-likeness (QED) is 0.838. The summed E-state index contributed by atoms with van der Waals surface area (Å²) in [4.78, 5) is 2.05. The van der Waals surface area contributed by atoms with E-state index in [9.17, 15) is 0 Å². The molecule has 4 heteroatoms. The van der Waals surface area contributed by atoms with E-state index in [0.717, 1.165) is 16.8 Å². The van der Waals surface area contributed by atoms with Gasteiger partial charge in [-0.25, -0.2) is 0 Å². The highest BCUT2D eigenvalue weighted by Crippen LogP contribution is 2.33. The third-order valence-corrected chi connectivity index (χ3v) is 2.52. The molecular formula is C12H15N3O. The number of hydrogen-bond donors (Lipinski definition) is 1. The Morgan fingerprint density at radius 3 is 2.56 bits per heavy atom. The third-order valence-electron chi connectivity index (χ3n) is 2.52. The Labute approximate surface area is 94.6 Å². The average molecular weight is 217 g/mol. The normalized spacial score (nSPS) is 10.4. The monoisotopic (exact) mass is 217 g/mol. The summed E-state index contributed by atoms with van der Waals surface area (Å²) in [7, 11) is 4.00. The Balaban J connectivity index is 2.61. The number of nitrogens with two attached hydrogens (primary N) is 1. The van der Waals surface area contributed by atoms with Crippen LogP contribution in [0.3, 0.4) is 0 Å². The van der Waals surface area contributed by atoms with E-state index in [1.54, 1.807) is 6.20 Å². The lowest BCUT2D eigenvalue weighted by Crippen LogP contribution is -2.10. The van der Waals surface area contributed by atoms with Crippen LogP contribution in [-0.4, -0.2) is 19.3 Å². The van der Waals surface area contributed by atoms with Gasteiger partial charge >= 0.3 is 0 Å². The molecule has 0 spiro atoms. The van der Waals surface area contributed by atoms with Crippen LogP contribution in [0.5, 0.6) is 0 Å². The Kier molecular flexibility index (Phi) is 2.56. The molecular weight excluding hydrogens is 202 g/mol. The van der Waals surface area contributed by atoms with Gasteiger partial charge in [0, 0.05) is 25.3 Å². The van der Waals surface area contributed by atoms with Gasteiger partial charge in [-0.1, -0.05) is 17.3 Å². The summed E-state index contributed by atoms with van der Waals surface area (Å²) in [6.07, 6.45) is 1.65. The van der Waals surface area contributed by atoms with Gasteiger partial charge < -0.3 is 15.2 Å².